The molecule has 0 fully saturated rings. The minimum absolute atomic E-state index is 0.211. The molecule has 0 aliphatic heterocycles. The SMILES string of the molecule is COC(=O)C(CC(C)C)NCc1cccc(OC)c1. The monoisotopic (exact) mass is 265 g/mol. The van der Waals surface area contributed by atoms with Gasteiger partial charge in [-0.2, -0.15) is 0 Å². The maximum absolute atomic E-state index is 11.7. The van der Waals surface area contributed by atoms with Crippen LogP contribution in [0.4, 0.5) is 0 Å². The first-order valence-corrected chi connectivity index (χ1v) is 6.51. The Balaban J connectivity index is 2.61. The molecule has 19 heavy (non-hydrogen) atoms. The molecule has 0 bridgehead atoms. The molecule has 1 aromatic carbocycles. The van der Waals surface area contributed by atoms with Crippen molar-refractivity contribution in [3.05, 3.63) is 29.8 Å². The normalized spacial score (nSPS) is 12.3. The van der Waals surface area contributed by atoms with E-state index in [1.807, 2.05) is 24.3 Å². The van der Waals surface area contributed by atoms with Crippen molar-refractivity contribution in [3.8, 4) is 5.75 Å². The van der Waals surface area contributed by atoms with Crippen LogP contribution in [-0.4, -0.2) is 26.2 Å². The number of benzene rings is 1. The third-order valence-corrected chi connectivity index (χ3v) is 2.88. The van der Waals surface area contributed by atoms with Crippen LogP contribution < -0.4 is 10.1 Å². The Hall–Kier alpha value is -1.55. The highest BCUT2D eigenvalue weighted by molar-refractivity contribution is 5.75. The molecule has 0 radical (unpaired) electrons. The first-order valence-electron chi connectivity index (χ1n) is 6.51. The van der Waals surface area contributed by atoms with Crippen LogP contribution in [0.1, 0.15) is 25.8 Å². The van der Waals surface area contributed by atoms with Gasteiger partial charge in [0, 0.05) is 6.54 Å². The third kappa shape index (κ3) is 5.30. The summed E-state index contributed by atoms with van der Waals surface area (Å²) in [4.78, 5) is 11.7. The van der Waals surface area contributed by atoms with E-state index >= 15 is 0 Å². The van der Waals surface area contributed by atoms with Crippen LogP contribution in [0.25, 0.3) is 0 Å². The Kier molecular flexibility index (Phi) is 6.36. The molecule has 4 nitrogen and oxygen atoms in total. The lowest BCUT2D eigenvalue weighted by Gasteiger charge is -2.18. The standard InChI is InChI=1S/C15H23NO3/c1-11(2)8-14(15(17)19-4)16-10-12-6-5-7-13(9-12)18-3/h5-7,9,11,14,16H,8,10H2,1-4H3. The van der Waals surface area contributed by atoms with Crippen molar-refractivity contribution in [2.45, 2.75) is 32.9 Å². The van der Waals surface area contributed by atoms with Crippen molar-refractivity contribution in [3.63, 3.8) is 0 Å². The Morgan fingerprint density at radius 1 is 1.32 bits per heavy atom. The van der Waals surface area contributed by atoms with Crippen LogP contribution in [-0.2, 0) is 16.1 Å². The summed E-state index contributed by atoms with van der Waals surface area (Å²) in [6.07, 6.45) is 0.761. The van der Waals surface area contributed by atoms with Crippen LogP contribution in [0.3, 0.4) is 0 Å². The number of carbonyl (C=O) groups excluding carboxylic acids is 1. The molecule has 0 aliphatic rings. The summed E-state index contributed by atoms with van der Waals surface area (Å²) in [5.41, 5.74) is 1.08. The van der Waals surface area contributed by atoms with Crippen LogP contribution >= 0.6 is 0 Å². The number of rotatable bonds is 7. The summed E-state index contributed by atoms with van der Waals surface area (Å²) in [5, 5.41) is 3.24. The van der Waals surface area contributed by atoms with Crippen LogP contribution in [0.2, 0.25) is 0 Å². The molecular formula is C15H23NO3. The third-order valence-electron chi connectivity index (χ3n) is 2.88. The predicted octanol–water partition coefficient (Wildman–Crippen LogP) is 2.37. The topological polar surface area (TPSA) is 47.6 Å². The second-order valence-corrected chi connectivity index (χ2v) is 4.94. The number of carbonyl (C=O) groups is 1. The van der Waals surface area contributed by atoms with E-state index in [2.05, 4.69) is 19.2 Å². The lowest BCUT2D eigenvalue weighted by molar-refractivity contribution is -0.143. The number of hydrogen-bond acceptors (Lipinski definition) is 4. The van der Waals surface area contributed by atoms with Crippen LogP contribution in [0.15, 0.2) is 24.3 Å². The van der Waals surface area contributed by atoms with Gasteiger partial charge in [0.05, 0.1) is 14.2 Å². The first-order chi connectivity index (χ1) is 9.06. The largest absolute Gasteiger partial charge is 0.497 e. The molecule has 0 heterocycles. The zero-order valence-corrected chi connectivity index (χ0v) is 12.1. The Morgan fingerprint density at radius 2 is 2.05 bits per heavy atom. The summed E-state index contributed by atoms with van der Waals surface area (Å²) in [6.45, 7) is 4.79. The number of ether oxygens (including phenoxy) is 2. The van der Waals surface area contributed by atoms with Crippen LogP contribution in [0, 0.1) is 5.92 Å². The number of esters is 1. The molecule has 0 aliphatic carbocycles. The minimum Gasteiger partial charge on any atom is -0.497 e. The predicted molar refractivity (Wildman–Crippen MR) is 75.1 cm³/mol. The molecule has 4 heteroatoms. The van der Waals surface area contributed by atoms with Gasteiger partial charge in [-0.05, 0) is 30.0 Å². The fraction of sp³-hybridized carbons (Fsp3) is 0.533. The molecule has 1 N–H and O–H groups in total. The van der Waals surface area contributed by atoms with Gasteiger partial charge in [0.1, 0.15) is 11.8 Å². The van der Waals surface area contributed by atoms with Crippen molar-refractivity contribution in [1.82, 2.24) is 5.32 Å². The van der Waals surface area contributed by atoms with E-state index in [9.17, 15) is 4.79 Å². The molecule has 0 spiro atoms. The zero-order chi connectivity index (χ0) is 14.3. The smallest absolute Gasteiger partial charge is 0.322 e. The van der Waals surface area contributed by atoms with E-state index < -0.39 is 0 Å². The maximum Gasteiger partial charge on any atom is 0.322 e. The van der Waals surface area contributed by atoms with E-state index in [0.29, 0.717) is 12.5 Å². The highest BCUT2D eigenvalue weighted by Crippen LogP contribution is 2.13. The van der Waals surface area contributed by atoms with Crippen molar-refractivity contribution < 1.29 is 14.3 Å². The fourth-order valence-corrected chi connectivity index (χ4v) is 1.90. The van der Waals surface area contributed by atoms with E-state index in [0.717, 1.165) is 17.7 Å². The van der Waals surface area contributed by atoms with Gasteiger partial charge in [0.2, 0.25) is 0 Å². The summed E-state index contributed by atoms with van der Waals surface area (Å²) < 4.78 is 10.00. The lowest BCUT2D eigenvalue weighted by atomic mass is 10.0. The fourth-order valence-electron chi connectivity index (χ4n) is 1.90. The molecule has 0 saturated carbocycles. The van der Waals surface area contributed by atoms with Crippen molar-refractivity contribution in [1.29, 1.82) is 0 Å². The van der Waals surface area contributed by atoms with E-state index in [1.54, 1.807) is 7.11 Å². The summed E-state index contributed by atoms with van der Waals surface area (Å²) in [7, 11) is 3.06. The molecule has 0 saturated heterocycles. The lowest BCUT2D eigenvalue weighted by Crippen LogP contribution is -2.38. The minimum atomic E-state index is -0.267. The Bertz CT molecular complexity index is 404. The van der Waals surface area contributed by atoms with Gasteiger partial charge in [0.25, 0.3) is 0 Å². The van der Waals surface area contributed by atoms with Gasteiger partial charge >= 0.3 is 5.97 Å². The van der Waals surface area contributed by atoms with Gasteiger partial charge in [-0.15, -0.1) is 0 Å². The van der Waals surface area contributed by atoms with Crippen molar-refractivity contribution in [2.24, 2.45) is 5.92 Å². The molecule has 0 amide bonds. The summed E-state index contributed by atoms with van der Waals surface area (Å²) in [6, 6.07) is 7.52. The quantitative estimate of drug-likeness (QED) is 0.769. The average Bonchev–Trinajstić information content (AvgIpc) is 2.42. The van der Waals surface area contributed by atoms with Gasteiger partial charge in [0.15, 0.2) is 0 Å². The van der Waals surface area contributed by atoms with Crippen molar-refractivity contribution >= 4 is 5.97 Å². The zero-order valence-electron chi connectivity index (χ0n) is 12.1. The summed E-state index contributed by atoms with van der Waals surface area (Å²) >= 11 is 0. The molecule has 106 valence electrons. The Labute approximate surface area is 115 Å². The second kappa shape index (κ2) is 7.79. The summed E-state index contributed by atoms with van der Waals surface area (Å²) in [5.74, 6) is 1.04. The number of hydrogen-bond donors (Lipinski definition) is 1. The molecule has 1 aromatic rings. The van der Waals surface area contributed by atoms with E-state index in [1.165, 1.54) is 7.11 Å². The van der Waals surface area contributed by atoms with Crippen molar-refractivity contribution in [2.75, 3.05) is 14.2 Å². The number of nitrogens with one attached hydrogen (secondary N) is 1. The highest BCUT2D eigenvalue weighted by Gasteiger charge is 2.19. The maximum atomic E-state index is 11.7. The van der Waals surface area contributed by atoms with Crippen LogP contribution in [0.5, 0.6) is 5.75 Å². The second-order valence-electron chi connectivity index (χ2n) is 4.94. The van der Waals surface area contributed by atoms with E-state index in [4.69, 9.17) is 9.47 Å². The van der Waals surface area contributed by atoms with Gasteiger partial charge in [-0.25, -0.2) is 0 Å². The molecule has 1 unspecified atom stereocenters. The van der Waals surface area contributed by atoms with Gasteiger partial charge in [-0.1, -0.05) is 26.0 Å². The first kappa shape index (κ1) is 15.5. The van der Waals surface area contributed by atoms with E-state index in [-0.39, 0.29) is 12.0 Å². The average molecular weight is 265 g/mol. The Morgan fingerprint density at radius 3 is 2.63 bits per heavy atom. The molecule has 0 aromatic heterocycles. The number of methoxy groups -OCH3 is 2. The molecule has 1 rings (SSSR count). The van der Waals surface area contributed by atoms with Gasteiger partial charge in [-0.3, -0.25) is 4.79 Å². The highest BCUT2D eigenvalue weighted by atomic mass is 16.5. The molecule has 1 atom stereocenters. The molecular weight excluding hydrogens is 242 g/mol. The van der Waals surface area contributed by atoms with Gasteiger partial charge < -0.3 is 14.8 Å².